The van der Waals surface area contributed by atoms with Gasteiger partial charge >= 0.3 is 5.97 Å². The van der Waals surface area contributed by atoms with Crippen LogP contribution in [0.3, 0.4) is 0 Å². The maximum atomic E-state index is 11.4. The van der Waals surface area contributed by atoms with Crippen LogP contribution in [0.4, 0.5) is 0 Å². The zero-order valence-electron chi connectivity index (χ0n) is 13.9. The van der Waals surface area contributed by atoms with Gasteiger partial charge in [0.15, 0.2) is 0 Å². The van der Waals surface area contributed by atoms with Crippen molar-refractivity contribution in [1.82, 2.24) is 0 Å². The molecule has 0 unspecified atom stereocenters. The molecule has 0 bridgehead atoms. The van der Waals surface area contributed by atoms with Crippen LogP contribution >= 0.6 is 0 Å². The van der Waals surface area contributed by atoms with Crippen LogP contribution in [0.25, 0.3) is 0 Å². The Labute approximate surface area is 128 Å². The Morgan fingerprint density at radius 3 is 2.62 bits per heavy atom. The number of hydrogen-bond acceptors (Lipinski definition) is 4. The Morgan fingerprint density at radius 1 is 1.29 bits per heavy atom. The van der Waals surface area contributed by atoms with E-state index in [-0.39, 0.29) is 24.1 Å². The Balaban J connectivity index is 2.70. The minimum absolute atomic E-state index is 0.214. The predicted molar refractivity (Wildman–Crippen MR) is 82.7 cm³/mol. The summed E-state index contributed by atoms with van der Waals surface area (Å²) in [4.78, 5) is 22.7. The summed E-state index contributed by atoms with van der Waals surface area (Å²) < 4.78 is 4.71. The molecule has 0 saturated heterocycles. The highest BCUT2D eigenvalue weighted by molar-refractivity contribution is 5.70. The summed E-state index contributed by atoms with van der Waals surface area (Å²) in [7, 11) is 1.39. The van der Waals surface area contributed by atoms with Crippen molar-refractivity contribution in [2.45, 2.75) is 83.8 Å². The molecule has 1 aliphatic heterocycles. The van der Waals surface area contributed by atoms with Crippen LogP contribution in [0.1, 0.15) is 72.1 Å². The maximum absolute atomic E-state index is 11.4. The van der Waals surface area contributed by atoms with Crippen molar-refractivity contribution in [3.05, 3.63) is 11.6 Å². The monoisotopic (exact) mass is 298 g/mol. The van der Waals surface area contributed by atoms with Gasteiger partial charge in [0.2, 0.25) is 0 Å². The molecule has 0 aromatic rings. The third-order valence-corrected chi connectivity index (χ3v) is 4.23. The van der Waals surface area contributed by atoms with Gasteiger partial charge in [0, 0.05) is 0 Å². The van der Waals surface area contributed by atoms with Crippen LogP contribution in [-0.4, -0.2) is 24.8 Å². The van der Waals surface area contributed by atoms with E-state index in [0.29, 0.717) is 0 Å². The second-order valence-corrected chi connectivity index (χ2v) is 5.75. The molecule has 0 N–H and O–H groups in total. The quantitative estimate of drug-likeness (QED) is 0.275. The van der Waals surface area contributed by atoms with Crippen LogP contribution in [0.15, 0.2) is 11.6 Å². The van der Waals surface area contributed by atoms with Gasteiger partial charge in [0.25, 0.3) is 0 Å². The fourth-order valence-corrected chi connectivity index (χ4v) is 2.70. The Kier molecular flexibility index (Phi) is 7.97. The van der Waals surface area contributed by atoms with Crippen molar-refractivity contribution < 1.29 is 19.3 Å². The number of carbonyl (C=O) groups is 1. The summed E-state index contributed by atoms with van der Waals surface area (Å²) in [5.74, 6) is -0.269. The molecule has 2 atom stereocenters. The third-order valence-electron chi connectivity index (χ3n) is 4.23. The van der Waals surface area contributed by atoms with Gasteiger partial charge in [-0.15, -0.1) is 0 Å². The molecule has 0 saturated carbocycles. The minimum Gasteiger partial charge on any atom is -0.469 e. The zero-order chi connectivity index (χ0) is 15.7. The second kappa shape index (κ2) is 9.21. The van der Waals surface area contributed by atoms with Gasteiger partial charge in [-0.3, -0.25) is 4.79 Å². The van der Waals surface area contributed by atoms with Gasteiger partial charge < -0.3 is 4.74 Å². The molecule has 0 aromatic carbocycles. The van der Waals surface area contributed by atoms with E-state index in [1.165, 1.54) is 26.4 Å². The minimum atomic E-state index is -0.328. The highest BCUT2D eigenvalue weighted by atomic mass is 17.2. The molecule has 4 heteroatoms. The van der Waals surface area contributed by atoms with Crippen LogP contribution in [-0.2, 0) is 19.3 Å². The number of ether oxygens (including phenoxy) is 1. The lowest BCUT2D eigenvalue weighted by molar-refractivity contribution is -0.377. The first-order valence-corrected chi connectivity index (χ1v) is 8.23. The van der Waals surface area contributed by atoms with E-state index < -0.39 is 0 Å². The van der Waals surface area contributed by atoms with E-state index in [9.17, 15) is 4.79 Å². The molecule has 0 aromatic heterocycles. The summed E-state index contributed by atoms with van der Waals surface area (Å²) in [6.07, 6.45) is 9.67. The lowest BCUT2D eigenvalue weighted by Crippen LogP contribution is -2.38. The molecule has 0 spiro atoms. The van der Waals surface area contributed by atoms with Crippen LogP contribution < -0.4 is 0 Å². The smallest absolute Gasteiger partial charge is 0.308 e. The van der Waals surface area contributed by atoms with E-state index in [4.69, 9.17) is 14.5 Å². The lowest BCUT2D eigenvalue weighted by atomic mass is 9.87. The molecule has 4 nitrogen and oxygen atoms in total. The molecule has 1 aliphatic rings. The van der Waals surface area contributed by atoms with E-state index in [1.54, 1.807) is 0 Å². The Bertz CT molecular complexity index is 351. The zero-order valence-corrected chi connectivity index (χ0v) is 13.9. The number of carbonyl (C=O) groups excluding carboxylic acids is 1. The van der Waals surface area contributed by atoms with Gasteiger partial charge in [0.1, 0.15) is 11.7 Å². The second-order valence-electron chi connectivity index (χ2n) is 5.75. The highest BCUT2D eigenvalue weighted by Gasteiger charge is 2.36. The van der Waals surface area contributed by atoms with Gasteiger partial charge in [-0.2, -0.15) is 0 Å². The Hall–Kier alpha value is -0.870. The largest absolute Gasteiger partial charge is 0.469 e. The van der Waals surface area contributed by atoms with Crippen molar-refractivity contribution in [3.8, 4) is 0 Å². The van der Waals surface area contributed by atoms with Crippen molar-refractivity contribution in [3.63, 3.8) is 0 Å². The highest BCUT2D eigenvalue weighted by Crippen LogP contribution is 2.35. The summed E-state index contributed by atoms with van der Waals surface area (Å²) in [5, 5.41) is 0. The predicted octanol–water partition coefficient (Wildman–Crippen LogP) is 4.34. The summed E-state index contributed by atoms with van der Waals surface area (Å²) in [5.41, 5.74) is 0.815. The van der Waals surface area contributed by atoms with Gasteiger partial charge in [0.05, 0.1) is 13.5 Å². The topological polar surface area (TPSA) is 44.8 Å². The van der Waals surface area contributed by atoms with Crippen molar-refractivity contribution in [2.75, 3.05) is 7.11 Å². The normalized spacial score (nSPS) is 25.5. The average molecular weight is 298 g/mol. The molecular weight excluding hydrogens is 268 g/mol. The fourth-order valence-electron chi connectivity index (χ4n) is 2.70. The van der Waals surface area contributed by atoms with Gasteiger partial charge in [-0.1, -0.05) is 46.5 Å². The maximum Gasteiger partial charge on any atom is 0.308 e. The van der Waals surface area contributed by atoms with Gasteiger partial charge in [-0.25, -0.2) is 9.78 Å². The van der Waals surface area contributed by atoms with Crippen molar-refractivity contribution in [1.29, 1.82) is 0 Å². The Morgan fingerprint density at radius 2 is 2.05 bits per heavy atom. The molecular formula is C17H30O4. The summed E-state index contributed by atoms with van der Waals surface area (Å²) in [6.45, 7) is 6.41. The van der Waals surface area contributed by atoms with Gasteiger partial charge in [-0.05, 0) is 30.9 Å². The standard InChI is InChI=1S/C17H30O4/c1-5-8-9-10-11-17(7-3)13-14(6-2)15(20-21-17)12-16(18)19-4/h13,15H,5-12H2,1-4H3/t15-,17+/m1/s1. The van der Waals surface area contributed by atoms with E-state index in [2.05, 4.69) is 26.8 Å². The number of hydrogen-bond donors (Lipinski definition) is 0. The fraction of sp³-hybridized carbons (Fsp3) is 0.824. The summed E-state index contributed by atoms with van der Waals surface area (Å²) >= 11 is 0. The van der Waals surface area contributed by atoms with E-state index >= 15 is 0 Å². The van der Waals surface area contributed by atoms with Crippen molar-refractivity contribution in [2.24, 2.45) is 0 Å². The molecule has 21 heavy (non-hydrogen) atoms. The molecule has 0 amide bonds. The van der Waals surface area contributed by atoms with E-state index in [1.807, 2.05) is 0 Å². The first-order valence-electron chi connectivity index (χ1n) is 8.23. The number of methoxy groups -OCH3 is 1. The number of esters is 1. The third kappa shape index (κ3) is 5.44. The molecule has 1 rings (SSSR count). The summed E-state index contributed by atoms with van der Waals surface area (Å²) in [6, 6.07) is 0. The first-order chi connectivity index (χ1) is 10.1. The molecule has 122 valence electrons. The van der Waals surface area contributed by atoms with E-state index in [0.717, 1.165) is 31.3 Å². The number of unbranched alkanes of at least 4 members (excludes halogenated alkanes) is 3. The SMILES string of the molecule is CCCCCC[C@@]1(CC)C=C(CC)[C@@H](CC(=O)OC)OO1. The van der Waals surface area contributed by atoms with Crippen LogP contribution in [0.5, 0.6) is 0 Å². The molecule has 0 fully saturated rings. The van der Waals surface area contributed by atoms with Crippen molar-refractivity contribution >= 4 is 5.97 Å². The average Bonchev–Trinajstić information content (AvgIpc) is 2.52. The molecule has 1 heterocycles. The molecule has 0 radical (unpaired) electrons. The lowest BCUT2D eigenvalue weighted by Gasteiger charge is -2.36. The van der Waals surface area contributed by atoms with Crippen LogP contribution in [0.2, 0.25) is 0 Å². The molecule has 0 aliphatic carbocycles. The number of rotatable bonds is 9. The van der Waals surface area contributed by atoms with Crippen LogP contribution in [0, 0.1) is 0 Å². The first kappa shape index (κ1) is 18.2.